The minimum atomic E-state index is 0.0251. The van der Waals surface area contributed by atoms with Gasteiger partial charge in [0.15, 0.2) is 0 Å². The first-order valence-electron chi connectivity index (χ1n) is 11.0. The zero-order chi connectivity index (χ0) is 21.7. The van der Waals surface area contributed by atoms with Gasteiger partial charge in [0.2, 0.25) is 0 Å². The largest absolute Gasteiger partial charge is 0.356 e. The number of hydrogen-bond acceptors (Lipinski definition) is 1. The number of fused-ring (bicyclic) bond motifs is 3. The maximum atomic E-state index is 3.93. The van der Waals surface area contributed by atoms with Gasteiger partial charge in [-0.25, -0.2) is 0 Å². The van der Waals surface area contributed by atoms with Gasteiger partial charge in [-0.2, -0.15) is 0 Å². The fourth-order valence-electron chi connectivity index (χ4n) is 4.23. The number of benzene rings is 3. The summed E-state index contributed by atoms with van der Waals surface area (Å²) in [6.07, 6.45) is 5.14. The molecule has 0 bridgehead atoms. The van der Waals surface area contributed by atoms with Crippen molar-refractivity contribution >= 4 is 16.9 Å². The lowest BCUT2D eigenvalue weighted by Crippen LogP contribution is -2.15. The minimum Gasteiger partial charge on any atom is -0.356 e. The van der Waals surface area contributed by atoms with Crippen LogP contribution in [-0.2, 0) is 5.41 Å². The number of rotatable bonds is 5. The van der Waals surface area contributed by atoms with Crippen molar-refractivity contribution in [3.05, 3.63) is 102 Å². The number of anilines is 2. The predicted octanol–water partition coefficient (Wildman–Crippen LogP) is 8.74. The van der Waals surface area contributed by atoms with Crippen molar-refractivity contribution in [3.63, 3.8) is 0 Å². The van der Waals surface area contributed by atoms with Gasteiger partial charge in [-0.3, -0.25) is 0 Å². The summed E-state index contributed by atoms with van der Waals surface area (Å²) in [6.45, 7) is 14.7. The molecule has 0 saturated carbocycles. The Morgan fingerprint density at radius 1 is 0.867 bits per heavy atom. The van der Waals surface area contributed by atoms with Gasteiger partial charge < -0.3 is 5.32 Å². The minimum absolute atomic E-state index is 0.0251. The molecule has 1 aliphatic rings. The molecule has 0 saturated heterocycles. The molecule has 1 N–H and O–H groups in total. The van der Waals surface area contributed by atoms with Gasteiger partial charge in [0, 0.05) is 16.8 Å². The first kappa shape index (κ1) is 21.6. The first-order chi connectivity index (χ1) is 14.5. The Bertz CT molecular complexity index is 1050. The van der Waals surface area contributed by atoms with Crippen LogP contribution in [0.5, 0.6) is 0 Å². The van der Waals surface area contributed by atoms with Crippen LogP contribution in [0.3, 0.4) is 0 Å². The Kier molecular flexibility index (Phi) is 6.62. The van der Waals surface area contributed by atoms with Crippen molar-refractivity contribution in [2.75, 3.05) is 5.32 Å². The van der Waals surface area contributed by atoms with Crippen LogP contribution in [0.25, 0.3) is 16.7 Å². The lowest BCUT2D eigenvalue weighted by Gasteiger charge is -2.22. The van der Waals surface area contributed by atoms with Crippen molar-refractivity contribution in [1.82, 2.24) is 0 Å². The monoisotopic (exact) mass is 395 g/mol. The van der Waals surface area contributed by atoms with E-state index in [-0.39, 0.29) is 5.41 Å². The second-order valence-electron chi connectivity index (χ2n) is 7.91. The quantitative estimate of drug-likeness (QED) is 0.426. The van der Waals surface area contributed by atoms with E-state index in [2.05, 4.69) is 105 Å². The van der Waals surface area contributed by atoms with Crippen molar-refractivity contribution in [2.45, 2.75) is 46.5 Å². The standard InChI is InChI=1S/C27H27N.C2H6/c1-5-9-19(6-2)20-12-14-21(15-13-20)28-22-16-17-24-23-10-7-8-11-25(23)27(3,4)26(24)18-22;1-2/h6-18,28H,2,5H2,1,3-4H3;1-2H3/b19-9+;. The van der Waals surface area contributed by atoms with E-state index >= 15 is 0 Å². The van der Waals surface area contributed by atoms with E-state index in [0.29, 0.717) is 0 Å². The predicted molar refractivity (Wildman–Crippen MR) is 134 cm³/mol. The Morgan fingerprint density at radius 2 is 1.50 bits per heavy atom. The molecule has 0 heterocycles. The molecule has 3 aromatic rings. The summed E-state index contributed by atoms with van der Waals surface area (Å²) in [4.78, 5) is 0. The van der Waals surface area contributed by atoms with Crippen LogP contribution in [-0.4, -0.2) is 0 Å². The highest BCUT2D eigenvalue weighted by Crippen LogP contribution is 2.49. The topological polar surface area (TPSA) is 12.0 Å². The molecule has 1 heteroatoms. The van der Waals surface area contributed by atoms with Gasteiger partial charge in [0.25, 0.3) is 0 Å². The molecule has 154 valence electrons. The fourth-order valence-corrected chi connectivity index (χ4v) is 4.23. The zero-order valence-electron chi connectivity index (χ0n) is 18.9. The van der Waals surface area contributed by atoms with Crippen LogP contribution >= 0.6 is 0 Å². The molecule has 0 aliphatic heterocycles. The highest BCUT2D eigenvalue weighted by Gasteiger charge is 2.35. The number of nitrogens with one attached hydrogen (secondary N) is 1. The Balaban J connectivity index is 0.00000124. The molecule has 0 atom stereocenters. The van der Waals surface area contributed by atoms with Crippen molar-refractivity contribution in [3.8, 4) is 11.1 Å². The molecule has 0 fully saturated rings. The second-order valence-corrected chi connectivity index (χ2v) is 7.91. The van der Waals surface area contributed by atoms with E-state index in [1.165, 1.54) is 33.4 Å². The van der Waals surface area contributed by atoms with Crippen LogP contribution in [0, 0.1) is 0 Å². The van der Waals surface area contributed by atoms with Gasteiger partial charge in [-0.05, 0) is 64.1 Å². The first-order valence-corrected chi connectivity index (χ1v) is 11.0. The molecule has 3 aromatic carbocycles. The average molecular weight is 396 g/mol. The molecule has 4 rings (SSSR count). The Labute approximate surface area is 182 Å². The summed E-state index contributed by atoms with van der Waals surface area (Å²) in [5.74, 6) is 0. The molecular weight excluding hydrogens is 362 g/mol. The summed E-state index contributed by atoms with van der Waals surface area (Å²) < 4.78 is 0. The van der Waals surface area contributed by atoms with E-state index in [1.54, 1.807) is 0 Å². The van der Waals surface area contributed by atoms with Crippen molar-refractivity contribution < 1.29 is 0 Å². The van der Waals surface area contributed by atoms with Crippen LogP contribution in [0.4, 0.5) is 11.4 Å². The van der Waals surface area contributed by atoms with Crippen LogP contribution < -0.4 is 5.32 Å². The van der Waals surface area contributed by atoms with E-state index in [0.717, 1.165) is 17.8 Å². The Morgan fingerprint density at radius 3 is 2.17 bits per heavy atom. The molecule has 0 radical (unpaired) electrons. The molecular formula is C29H33N. The van der Waals surface area contributed by atoms with Crippen LogP contribution in [0.2, 0.25) is 0 Å². The molecule has 0 amide bonds. The number of hydrogen-bond donors (Lipinski definition) is 1. The maximum absolute atomic E-state index is 3.93. The van der Waals surface area contributed by atoms with Crippen molar-refractivity contribution in [2.24, 2.45) is 0 Å². The lowest BCUT2D eigenvalue weighted by atomic mass is 9.82. The van der Waals surface area contributed by atoms with Gasteiger partial charge in [0.1, 0.15) is 0 Å². The molecule has 0 spiro atoms. The normalized spacial score (nSPS) is 13.6. The third-order valence-electron chi connectivity index (χ3n) is 5.73. The third-order valence-corrected chi connectivity index (χ3v) is 5.73. The van der Waals surface area contributed by atoms with E-state index in [1.807, 2.05) is 19.9 Å². The molecule has 1 aliphatic carbocycles. The average Bonchev–Trinajstić information content (AvgIpc) is 3.01. The summed E-state index contributed by atoms with van der Waals surface area (Å²) in [6, 6.07) is 24.0. The van der Waals surface area contributed by atoms with Crippen molar-refractivity contribution in [1.29, 1.82) is 0 Å². The number of allylic oxidation sites excluding steroid dienone is 3. The summed E-state index contributed by atoms with van der Waals surface area (Å²) in [5.41, 5.74) is 10.1. The molecule has 1 nitrogen and oxygen atoms in total. The SMILES string of the molecule is C=C/C(=C\CC)c1ccc(Nc2ccc3c(c2)C(C)(C)c2ccccc2-3)cc1.CC. The van der Waals surface area contributed by atoms with Crippen LogP contribution in [0.15, 0.2) is 85.5 Å². The summed E-state index contributed by atoms with van der Waals surface area (Å²) in [5, 5.41) is 3.57. The lowest BCUT2D eigenvalue weighted by molar-refractivity contribution is 0.660. The maximum Gasteiger partial charge on any atom is 0.0387 e. The molecule has 0 aromatic heterocycles. The highest BCUT2D eigenvalue weighted by molar-refractivity contribution is 5.83. The zero-order valence-corrected chi connectivity index (χ0v) is 18.9. The van der Waals surface area contributed by atoms with Crippen LogP contribution in [0.1, 0.15) is 57.7 Å². The van der Waals surface area contributed by atoms with E-state index < -0.39 is 0 Å². The van der Waals surface area contributed by atoms with Gasteiger partial charge in [0.05, 0.1) is 0 Å². The molecule has 0 unspecified atom stereocenters. The van der Waals surface area contributed by atoms with Gasteiger partial charge in [-0.15, -0.1) is 0 Å². The Hall–Kier alpha value is -3.06. The van der Waals surface area contributed by atoms with Gasteiger partial charge >= 0.3 is 0 Å². The van der Waals surface area contributed by atoms with E-state index in [4.69, 9.17) is 0 Å². The summed E-state index contributed by atoms with van der Waals surface area (Å²) >= 11 is 0. The molecule has 30 heavy (non-hydrogen) atoms. The summed E-state index contributed by atoms with van der Waals surface area (Å²) in [7, 11) is 0. The third kappa shape index (κ3) is 3.98. The second kappa shape index (κ2) is 9.17. The van der Waals surface area contributed by atoms with Gasteiger partial charge in [-0.1, -0.05) is 95.8 Å². The fraction of sp³-hybridized carbons (Fsp3) is 0.241. The highest BCUT2D eigenvalue weighted by atomic mass is 14.9. The smallest absolute Gasteiger partial charge is 0.0387 e. The van der Waals surface area contributed by atoms with E-state index in [9.17, 15) is 0 Å².